The number of rotatable bonds is 2. The predicted molar refractivity (Wildman–Crippen MR) is 127 cm³/mol. The summed E-state index contributed by atoms with van der Waals surface area (Å²) >= 11 is 0. The lowest BCUT2D eigenvalue weighted by molar-refractivity contribution is -0.116. The molecule has 1 aliphatic heterocycles. The maximum absolute atomic E-state index is 13.7. The molecule has 1 aromatic heterocycles. The summed E-state index contributed by atoms with van der Waals surface area (Å²) in [5, 5.41) is 14.8. The summed E-state index contributed by atoms with van der Waals surface area (Å²) in [6.45, 7) is 0. The molecular weight excluding hydrogens is 396 g/mol. The monoisotopic (exact) mass is 418 g/mol. The number of carbonyl (C=O) groups excluding carboxylic acids is 1. The van der Waals surface area contributed by atoms with E-state index in [0.29, 0.717) is 6.42 Å². The van der Waals surface area contributed by atoms with E-state index in [4.69, 9.17) is 0 Å². The summed E-state index contributed by atoms with van der Waals surface area (Å²) in [4.78, 5) is 18.2. The fourth-order valence-electron chi connectivity index (χ4n) is 5.24. The lowest BCUT2D eigenvalue weighted by atomic mass is 9.72. The number of hydrogen-bond acceptors (Lipinski definition) is 4. The largest absolute Gasteiger partial charge is 0.508 e. The molecule has 0 amide bonds. The van der Waals surface area contributed by atoms with Gasteiger partial charge in [0.1, 0.15) is 5.75 Å². The van der Waals surface area contributed by atoms with Gasteiger partial charge in [-0.25, -0.2) is 0 Å². The standard InChI is InChI=1S/C28H22N2O2/c31-20-9-4-8-18(14-20)28-27-22(15-19(16-25(27)32)17-6-2-1-3-7-17)26-21-10-5-13-29-23(21)11-12-24(26)30-28/h1-14,19,28,30-31H,15-16H2/t19-,28-/m1/s1. The van der Waals surface area contributed by atoms with Gasteiger partial charge in [0.15, 0.2) is 5.78 Å². The molecule has 2 N–H and O–H groups in total. The average molecular weight is 418 g/mol. The van der Waals surface area contributed by atoms with Crippen molar-refractivity contribution >= 4 is 27.9 Å². The van der Waals surface area contributed by atoms with Gasteiger partial charge in [-0.2, -0.15) is 0 Å². The van der Waals surface area contributed by atoms with E-state index in [-0.39, 0.29) is 23.5 Å². The lowest BCUT2D eigenvalue weighted by Crippen LogP contribution is -2.29. The quantitative estimate of drug-likeness (QED) is 0.419. The number of carbonyl (C=O) groups is 1. The minimum Gasteiger partial charge on any atom is -0.508 e. The molecule has 0 radical (unpaired) electrons. The molecule has 2 heterocycles. The van der Waals surface area contributed by atoms with Gasteiger partial charge in [-0.05, 0) is 59.4 Å². The maximum Gasteiger partial charge on any atom is 0.162 e. The first kappa shape index (κ1) is 18.8. The molecule has 0 saturated carbocycles. The molecule has 4 heteroatoms. The Labute approximate surface area is 186 Å². The van der Waals surface area contributed by atoms with Crippen LogP contribution >= 0.6 is 0 Å². The van der Waals surface area contributed by atoms with Crippen molar-refractivity contribution in [3.8, 4) is 5.75 Å². The number of benzene rings is 3. The molecule has 3 aromatic carbocycles. The number of hydrogen-bond donors (Lipinski definition) is 2. The molecule has 2 aliphatic rings. The molecule has 1 aliphatic carbocycles. The van der Waals surface area contributed by atoms with E-state index in [0.717, 1.165) is 45.3 Å². The van der Waals surface area contributed by atoms with E-state index in [2.05, 4.69) is 34.6 Å². The van der Waals surface area contributed by atoms with Crippen molar-refractivity contribution in [3.05, 3.63) is 107 Å². The van der Waals surface area contributed by atoms with Crippen LogP contribution in [-0.2, 0) is 4.79 Å². The van der Waals surface area contributed by atoms with Crippen LogP contribution in [0.4, 0.5) is 5.69 Å². The van der Waals surface area contributed by atoms with Crippen LogP contribution in [0.1, 0.15) is 41.5 Å². The Morgan fingerprint density at radius 3 is 2.56 bits per heavy atom. The maximum atomic E-state index is 13.7. The van der Waals surface area contributed by atoms with Crippen molar-refractivity contribution in [1.82, 2.24) is 4.98 Å². The van der Waals surface area contributed by atoms with Gasteiger partial charge in [0.25, 0.3) is 0 Å². The number of pyridine rings is 1. The number of phenolic OH excluding ortho intramolecular Hbond substituents is 1. The highest BCUT2D eigenvalue weighted by Crippen LogP contribution is 2.50. The van der Waals surface area contributed by atoms with Gasteiger partial charge in [-0.1, -0.05) is 48.5 Å². The van der Waals surface area contributed by atoms with E-state index in [9.17, 15) is 9.90 Å². The number of ketones is 1. The Balaban J connectivity index is 1.59. The molecule has 32 heavy (non-hydrogen) atoms. The first-order chi connectivity index (χ1) is 15.7. The van der Waals surface area contributed by atoms with Crippen LogP contribution in [0.2, 0.25) is 0 Å². The number of aromatic nitrogens is 1. The normalized spacial score (nSPS) is 19.9. The van der Waals surface area contributed by atoms with Gasteiger partial charge in [-0.3, -0.25) is 9.78 Å². The van der Waals surface area contributed by atoms with Gasteiger partial charge < -0.3 is 10.4 Å². The second-order valence-electron chi connectivity index (χ2n) is 8.56. The van der Waals surface area contributed by atoms with Crippen molar-refractivity contribution < 1.29 is 9.90 Å². The summed E-state index contributed by atoms with van der Waals surface area (Å²) in [5.74, 6) is 0.503. The smallest absolute Gasteiger partial charge is 0.162 e. The number of anilines is 1. The predicted octanol–water partition coefficient (Wildman–Crippen LogP) is 6.01. The number of nitrogens with one attached hydrogen (secondary N) is 1. The van der Waals surface area contributed by atoms with E-state index in [1.165, 1.54) is 5.56 Å². The summed E-state index contributed by atoms with van der Waals surface area (Å²) in [6, 6.07) is 25.3. The van der Waals surface area contributed by atoms with Crippen molar-refractivity contribution in [2.24, 2.45) is 0 Å². The molecule has 0 saturated heterocycles. The summed E-state index contributed by atoms with van der Waals surface area (Å²) in [7, 11) is 0. The topological polar surface area (TPSA) is 62.2 Å². The highest BCUT2D eigenvalue weighted by Gasteiger charge is 2.38. The molecular formula is C28H22N2O2. The number of nitrogens with zero attached hydrogens (tertiary/aromatic N) is 1. The first-order valence-electron chi connectivity index (χ1n) is 10.9. The molecule has 4 aromatic rings. The van der Waals surface area contributed by atoms with Gasteiger partial charge >= 0.3 is 0 Å². The zero-order valence-electron chi connectivity index (χ0n) is 17.5. The molecule has 0 spiro atoms. The van der Waals surface area contributed by atoms with Crippen molar-refractivity contribution in [2.45, 2.75) is 24.8 Å². The second-order valence-corrected chi connectivity index (χ2v) is 8.56. The Hall–Kier alpha value is -3.92. The summed E-state index contributed by atoms with van der Waals surface area (Å²) in [6.07, 6.45) is 3.08. The zero-order chi connectivity index (χ0) is 21.7. The molecule has 0 unspecified atom stereocenters. The van der Waals surface area contributed by atoms with Crippen LogP contribution in [0.3, 0.4) is 0 Å². The zero-order valence-corrected chi connectivity index (χ0v) is 17.5. The number of Topliss-reactive ketones (excluding diaryl/α,β-unsaturated/α-hetero) is 1. The molecule has 0 fully saturated rings. The van der Waals surface area contributed by atoms with Crippen molar-refractivity contribution in [2.75, 3.05) is 5.32 Å². The van der Waals surface area contributed by atoms with Crippen molar-refractivity contribution in [3.63, 3.8) is 0 Å². The van der Waals surface area contributed by atoms with Gasteiger partial charge in [0.05, 0.1) is 11.6 Å². The Morgan fingerprint density at radius 2 is 1.72 bits per heavy atom. The van der Waals surface area contributed by atoms with Crippen LogP contribution < -0.4 is 5.32 Å². The highest BCUT2D eigenvalue weighted by molar-refractivity contribution is 6.12. The van der Waals surface area contributed by atoms with Crippen LogP contribution in [0.5, 0.6) is 5.75 Å². The molecule has 2 atom stereocenters. The third-order valence-electron chi connectivity index (χ3n) is 6.66. The van der Waals surface area contributed by atoms with E-state index >= 15 is 0 Å². The third-order valence-corrected chi connectivity index (χ3v) is 6.66. The van der Waals surface area contributed by atoms with Crippen LogP contribution in [0.25, 0.3) is 16.5 Å². The third kappa shape index (κ3) is 2.99. The van der Waals surface area contributed by atoms with Crippen LogP contribution in [0, 0.1) is 0 Å². The SMILES string of the molecule is O=C1C[C@H](c2ccccc2)CC2=C1[C@@H](c1cccc(O)c1)Nc1ccc3ncccc3c12. The molecule has 156 valence electrons. The molecule has 4 nitrogen and oxygen atoms in total. The average Bonchev–Trinajstić information content (AvgIpc) is 2.83. The minimum atomic E-state index is -0.289. The van der Waals surface area contributed by atoms with Crippen molar-refractivity contribution in [1.29, 1.82) is 0 Å². The van der Waals surface area contributed by atoms with E-state index < -0.39 is 0 Å². The van der Waals surface area contributed by atoms with Gasteiger partial charge in [0, 0.05) is 34.8 Å². The number of fused-ring (bicyclic) bond motifs is 4. The van der Waals surface area contributed by atoms with E-state index in [1.807, 2.05) is 42.5 Å². The Bertz CT molecular complexity index is 1390. The highest BCUT2D eigenvalue weighted by atomic mass is 16.3. The fraction of sp³-hybridized carbons (Fsp3) is 0.143. The Morgan fingerprint density at radius 1 is 0.875 bits per heavy atom. The molecule has 6 rings (SSSR count). The lowest BCUT2D eigenvalue weighted by Gasteiger charge is -2.37. The minimum absolute atomic E-state index is 0.144. The summed E-state index contributed by atoms with van der Waals surface area (Å²) < 4.78 is 0. The number of allylic oxidation sites excluding steroid dienone is 1. The fourth-order valence-corrected chi connectivity index (χ4v) is 5.24. The summed E-state index contributed by atoms with van der Waals surface area (Å²) in [5.41, 5.74) is 6.99. The van der Waals surface area contributed by atoms with Gasteiger partial charge in [-0.15, -0.1) is 0 Å². The first-order valence-corrected chi connectivity index (χ1v) is 10.9. The Kier molecular flexibility index (Phi) is 4.32. The number of aromatic hydroxyl groups is 1. The molecule has 0 bridgehead atoms. The number of phenols is 1. The van der Waals surface area contributed by atoms with E-state index in [1.54, 1.807) is 18.3 Å². The van der Waals surface area contributed by atoms with Gasteiger partial charge in [0.2, 0.25) is 0 Å². The van der Waals surface area contributed by atoms with Crippen LogP contribution in [0.15, 0.2) is 90.6 Å². The van der Waals surface area contributed by atoms with Crippen LogP contribution in [-0.4, -0.2) is 15.9 Å². The second kappa shape index (κ2) is 7.34.